The van der Waals surface area contributed by atoms with Crippen molar-refractivity contribution < 1.29 is 17.9 Å². The molecule has 1 aliphatic rings. The Morgan fingerprint density at radius 1 is 1.57 bits per heavy atom. The number of nitrogens with zero attached hydrogens (tertiary/aromatic N) is 2. The van der Waals surface area contributed by atoms with Crippen LogP contribution in [0.5, 0.6) is 0 Å². The second-order valence-corrected chi connectivity index (χ2v) is 7.07. The van der Waals surface area contributed by atoms with E-state index in [0.29, 0.717) is 19.4 Å². The Kier molecular flexibility index (Phi) is 5.18. The standard InChI is InChI=1S/C13H17ClN2O4S/c1-2-20-13(17)10-4-3-7-16(9-10)21(18,19)12-8-15-6-5-11(12)14/h5-6,8,10H,2-4,7,9H2,1H3. The quantitative estimate of drug-likeness (QED) is 0.784. The zero-order chi connectivity index (χ0) is 15.5. The van der Waals surface area contributed by atoms with Crippen LogP contribution in [0.2, 0.25) is 5.02 Å². The lowest BCUT2D eigenvalue weighted by Crippen LogP contribution is -2.42. The van der Waals surface area contributed by atoms with Gasteiger partial charge in [-0.05, 0) is 25.8 Å². The number of aromatic nitrogens is 1. The Hall–Kier alpha value is -1.18. The van der Waals surface area contributed by atoms with Gasteiger partial charge in [0.15, 0.2) is 0 Å². The van der Waals surface area contributed by atoms with Gasteiger partial charge in [0.2, 0.25) is 10.0 Å². The first-order valence-electron chi connectivity index (χ1n) is 6.73. The number of sulfonamides is 1. The highest BCUT2D eigenvalue weighted by Crippen LogP contribution is 2.27. The van der Waals surface area contributed by atoms with Gasteiger partial charge in [-0.2, -0.15) is 4.31 Å². The minimum atomic E-state index is -3.74. The summed E-state index contributed by atoms with van der Waals surface area (Å²) in [6, 6.07) is 1.43. The Labute approximate surface area is 129 Å². The number of carbonyl (C=O) groups is 1. The van der Waals surface area contributed by atoms with Gasteiger partial charge in [-0.1, -0.05) is 11.6 Å². The SMILES string of the molecule is CCOC(=O)C1CCCN(S(=O)(=O)c2cnccc2Cl)C1. The number of hydrogen-bond acceptors (Lipinski definition) is 5. The maximum Gasteiger partial charge on any atom is 0.310 e. The van der Waals surface area contributed by atoms with Crippen molar-refractivity contribution in [2.24, 2.45) is 5.92 Å². The molecule has 1 unspecified atom stereocenters. The lowest BCUT2D eigenvalue weighted by Gasteiger charge is -2.30. The van der Waals surface area contributed by atoms with E-state index in [1.807, 2.05) is 0 Å². The average molecular weight is 333 g/mol. The maximum atomic E-state index is 12.6. The van der Waals surface area contributed by atoms with Crippen molar-refractivity contribution in [2.45, 2.75) is 24.7 Å². The molecule has 2 rings (SSSR count). The first-order chi connectivity index (χ1) is 9.96. The van der Waals surface area contributed by atoms with Crippen molar-refractivity contribution in [3.8, 4) is 0 Å². The van der Waals surface area contributed by atoms with Crippen LogP contribution in [0.15, 0.2) is 23.4 Å². The maximum absolute atomic E-state index is 12.6. The van der Waals surface area contributed by atoms with Crippen LogP contribution in [0.4, 0.5) is 0 Å². The van der Waals surface area contributed by atoms with Crippen molar-refractivity contribution in [1.82, 2.24) is 9.29 Å². The molecule has 116 valence electrons. The lowest BCUT2D eigenvalue weighted by molar-refractivity contribution is -0.149. The number of esters is 1. The van der Waals surface area contributed by atoms with Crippen molar-refractivity contribution in [1.29, 1.82) is 0 Å². The van der Waals surface area contributed by atoms with E-state index in [1.165, 1.54) is 22.8 Å². The number of halogens is 1. The smallest absolute Gasteiger partial charge is 0.310 e. The fraction of sp³-hybridized carbons (Fsp3) is 0.538. The molecule has 0 bridgehead atoms. The Morgan fingerprint density at radius 3 is 3.00 bits per heavy atom. The van der Waals surface area contributed by atoms with Gasteiger partial charge in [0.05, 0.1) is 17.5 Å². The van der Waals surface area contributed by atoms with Crippen LogP contribution < -0.4 is 0 Å². The first-order valence-corrected chi connectivity index (χ1v) is 8.55. The molecule has 1 saturated heterocycles. The van der Waals surface area contributed by atoms with Gasteiger partial charge in [-0.3, -0.25) is 9.78 Å². The van der Waals surface area contributed by atoms with Crippen molar-refractivity contribution in [3.05, 3.63) is 23.5 Å². The van der Waals surface area contributed by atoms with Crippen molar-refractivity contribution in [3.63, 3.8) is 0 Å². The highest BCUT2D eigenvalue weighted by atomic mass is 35.5. The Balaban J connectivity index is 2.21. The van der Waals surface area contributed by atoms with Gasteiger partial charge in [-0.15, -0.1) is 0 Å². The van der Waals surface area contributed by atoms with Crippen molar-refractivity contribution >= 4 is 27.6 Å². The fourth-order valence-corrected chi connectivity index (χ4v) is 4.24. The Morgan fingerprint density at radius 2 is 2.33 bits per heavy atom. The molecule has 0 aliphatic carbocycles. The molecule has 1 aliphatic heterocycles. The van der Waals surface area contributed by atoms with E-state index in [9.17, 15) is 13.2 Å². The molecule has 6 nitrogen and oxygen atoms in total. The summed E-state index contributed by atoms with van der Waals surface area (Å²) in [6.07, 6.45) is 3.90. The zero-order valence-corrected chi connectivity index (χ0v) is 13.2. The molecule has 2 heterocycles. The van der Waals surface area contributed by atoms with Crippen LogP contribution in [0.25, 0.3) is 0 Å². The average Bonchev–Trinajstić information content (AvgIpc) is 2.48. The monoisotopic (exact) mass is 332 g/mol. The molecule has 0 saturated carbocycles. The van der Waals surface area contributed by atoms with Gasteiger partial charge in [0.1, 0.15) is 4.90 Å². The molecule has 1 fully saturated rings. The van der Waals surface area contributed by atoms with Gasteiger partial charge < -0.3 is 4.74 Å². The molecule has 0 amide bonds. The van der Waals surface area contributed by atoms with E-state index >= 15 is 0 Å². The van der Waals surface area contributed by atoms with E-state index in [-0.39, 0.29) is 29.0 Å². The third-order valence-corrected chi connectivity index (χ3v) is 5.69. The highest BCUT2D eigenvalue weighted by molar-refractivity contribution is 7.89. The third kappa shape index (κ3) is 3.53. The summed E-state index contributed by atoms with van der Waals surface area (Å²) in [5.41, 5.74) is 0. The number of piperidine rings is 1. The van der Waals surface area contributed by atoms with Crippen LogP contribution in [0, 0.1) is 5.92 Å². The second kappa shape index (κ2) is 6.72. The van der Waals surface area contributed by atoms with Crippen LogP contribution >= 0.6 is 11.6 Å². The van der Waals surface area contributed by atoms with Crippen LogP contribution in [0.1, 0.15) is 19.8 Å². The van der Waals surface area contributed by atoms with Crippen LogP contribution in [0.3, 0.4) is 0 Å². The molecule has 8 heteroatoms. The third-order valence-electron chi connectivity index (χ3n) is 3.36. The number of rotatable bonds is 4. The predicted molar refractivity (Wildman–Crippen MR) is 77.4 cm³/mol. The molecule has 0 radical (unpaired) electrons. The number of hydrogen-bond donors (Lipinski definition) is 0. The van der Waals surface area contributed by atoms with E-state index in [1.54, 1.807) is 6.92 Å². The fourth-order valence-electron chi connectivity index (χ4n) is 2.31. The molecular formula is C13H17ClN2O4S. The predicted octanol–water partition coefficient (Wildman–Crippen LogP) is 1.70. The molecule has 0 N–H and O–H groups in total. The summed E-state index contributed by atoms with van der Waals surface area (Å²) < 4.78 is 31.4. The number of carbonyl (C=O) groups excluding carboxylic acids is 1. The largest absolute Gasteiger partial charge is 0.466 e. The van der Waals surface area contributed by atoms with E-state index < -0.39 is 15.9 Å². The topological polar surface area (TPSA) is 76.6 Å². The van der Waals surface area contributed by atoms with Gasteiger partial charge in [-0.25, -0.2) is 8.42 Å². The summed E-state index contributed by atoms with van der Waals surface area (Å²) in [5, 5.41) is 0.128. The molecule has 1 aromatic heterocycles. The summed E-state index contributed by atoms with van der Waals surface area (Å²) >= 11 is 5.94. The zero-order valence-electron chi connectivity index (χ0n) is 11.7. The molecule has 0 aromatic carbocycles. The summed E-state index contributed by atoms with van der Waals surface area (Å²) in [7, 11) is -3.74. The first kappa shape index (κ1) is 16.2. The van der Waals surface area contributed by atoms with Crippen LogP contribution in [-0.2, 0) is 19.6 Å². The van der Waals surface area contributed by atoms with E-state index in [4.69, 9.17) is 16.3 Å². The normalized spacial score (nSPS) is 20.2. The second-order valence-electron chi connectivity index (χ2n) is 4.76. The lowest BCUT2D eigenvalue weighted by atomic mass is 10.0. The molecular weight excluding hydrogens is 316 g/mol. The minimum absolute atomic E-state index is 0.0313. The van der Waals surface area contributed by atoms with E-state index in [2.05, 4.69) is 4.98 Å². The summed E-state index contributed by atoms with van der Waals surface area (Å²) in [4.78, 5) is 15.6. The van der Waals surface area contributed by atoms with Gasteiger partial charge >= 0.3 is 5.97 Å². The summed E-state index contributed by atoms with van der Waals surface area (Å²) in [5.74, 6) is -0.779. The van der Waals surface area contributed by atoms with Crippen LogP contribution in [-0.4, -0.2) is 43.4 Å². The Bertz CT molecular complexity index is 620. The van der Waals surface area contributed by atoms with E-state index in [0.717, 1.165) is 0 Å². The molecule has 0 spiro atoms. The van der Waals surface area contributed by atoms with Crippen molar-refractivity contribution in [2.75, 3.05) is 19.7 Å². The number of pyridine rings is 1. The molecule has 21 heavy (non-hydrogen) atoms. The van der Waals surface area contributed by atoms with Gasteiger partial charge in [0, 0.05) is 25.5 Å². The van der Waals surface area contributed by atoms with Gasteiger partial charge in [0.25, 0.3) is 0 Å². The molecule has 1 aromatic rings. The number of ether oxygens (including phenoxy) is 1. The molecule has 1 atom stereocenters. The highest BCUT2D eigenvalue weighted by Gasteiger charge is 2.34. The minimum Gasteiger partial charge on any atom is -0.466 e. The summed E-state index contributed by atoms with van der Waals surface area (Å²) in [6.45, 7) is 2.50.